The minimum atomic E-state index is -0.605. The van der Waals surface area contributed by atoms with Crippen LogP contribution in [0, 0.1) is 5.92 Å². The Morgan fingerprint density at radius 2 is 1.60 bits per heavy atom. The Morgan fingerprint density at radius 1 is 0.907 bits per heavy atom. The third kappa shape index (κ3) is 10.7. The predicted molar refractivity (Wildman–Crippen MR) is 164 cm³/mol. The van der Waals surface area contributed by atoms with Gasteiger partial charge in [0.1, 0.15) is 19.0 Å². The van der Waals surface area contributed by atoms with Crippen molar-refractivity contribution >= 4 is 17.8 Å². The molecule has 43 heavy (non-hydrogen) atoms. The second-order valence-electron chi connectivity index (χ2n) is 10.7. The second-order valence-corrected chi connectivity index (χ2v) is 10.7. The second kappa shape index (κ2) is 16.9. The molecule has 0 bridgehead atoms. The topological polar surface area (TPSA) is 105 Å². The van der Waals surface area contributed by atoms with Crippen molar-refractivity contribution in [3.8, 4) is 5.75 Å². The monoisotopic (exact) mass is 584 g/mol. The van der Waals surface area contributed by atoms with Crippen LogP contribution in [-0.4, -0.2) is 53.6 Å². The Morgan fingerprint density at radius 3 is 2.30 bits per heavy atom. The van der Waals surface area contributed by atoms with E-state index in [4.69, 9.17) is 9.47 Å². The zero-order valence-electron chi connectivity index (χ0n) is 24.4. The molecular formula is C35H40N2O6. The number of nitrogens with zero attached hydrogens (tertiary/aromatic N) is 1. The lowest BCUT2D eigenvalue weighted by atomic mass is 9.97. The molecule has 0 radical (unpaired) electrons. The molecule has 0 unspecified atom stereocenters. The molecule has 0 aliphatic carbocycles. The number of aliphatic hydroxyl groups is 1. The van der Waals surface area contributed by atoms with Crippen LogP contribution in [0.4, 0.5) is 0 Å². The molecular weight excluding hydrogens is 544 g/mol. The number of carbonyl (C=O) groups is 3. The number of nitrogens with one attached hydrogen (secondary N) is 1. The zero-order valence-corrected chi connectivity index (χ0v) is 24.4. The number of hydrogen-bond acceptors (Lipinski definition) is 6. The molecule has 8 nitrogen and oxygen atoms in total. The van der Waals surface area contributed by atoms with Gasteiger partial charge in [-0.25, -0.2) is 0 Å². The van der Waals surface area contributed by atoms with Crippen LogP contribution in [0.25, 0.3) is 0 Å². The van der Waals surface area contributed by atoms with E-state index in [-0.39, 0.29) is 50.4 Å². The summed E-state index contributed by atoms with van der Waals surface area (Å²) in [6, 6.07) is 26.7. The predicted octanol–water partition coefficient (Wildman–Crippen LogP) is 4.60. The molecule has 8 heteroatoms. The van der Waals surface area contributed by atoms with Crippen molar-refractivity contribution < 1.29 is 29.0 Å². The minimum absolute atomic E-state index is 0.00294. The number of ether oxygens (including phenoxy) is 2. The van der Waals surface area contributed by atoms with Crippen LogP contribution in [0.3, 0.4) is 0 Å². The van der Waals surface area contributed by atoms with E-state index < -0.39 is 12.0 Å². The molecule has 3 aromatic carbocycles. The summed E-state index contributed by atoms with van der Waals surface area (Å²) in [6.45, 7) is 0.866. The minimum Gasteiger partial charge on any atom is -0.489 e. The Balaban J connectivity index is 1.41. The lowest BCUT2D eigenvalue weighted by Crippen LogP contribution is -2.45. The molecule has 2 N–H and O–H groups in total. The summed E-state index contributed by atoms with van der Waals surface area (Å²) < 4.78 is 11.4. The maximum absolute atomic E-state index is 13.5. The molecule has 3 aromatic rings. The van der Waals surface area contributed by atoms with Gasteiger partial charge in [-0.2, -0.15) is 0 Å². The van der Waals surface area contributed by atoms with Crippen LogP contribution in [0.15, 0.2) is 97.1 Å². The SMILES string of the molecule is O=C1CCC=CC[C@H](CC(=O)N(CCO)Cc2ccccc2)C(=O)N[C@@H](Cc2ccc(OCc3ccccc3)cc2)CO1. The Labute approximate surface area is 253 Å². The highest BCUT2D eigenvalue weighted by molar-refractivity contribution is 5.86. The number of benzene rings is 3. The molecule has 0 saturated carbocycles. The van der Waals surface area contributed by atoms with E-state index in [1.54, 1.807) is 4.90 Å². The van der Waals surface area contributed by atoms with Crippen molar-refractivity contribution in [3.63, 3.8) is 0 Å². The molecule has 0 fully saturated rings. The summed E-state index contributed by atoms with van der Waals surface area (Å²) in [7, 11) is 0. The Hall–Kier alpha value is -4.43. The van der Waals surface area contributed by atoms with Crippen molar-refractivity contribution in [3.05, 3.63) is 114 Å². The van der Waals surface area contributed by atoms with E-state index >= 15 is 0 Å². The van der Waals surface area contributed by atoms with Crippen molar-refractivity contribution in [2.24, 2.45) is 5.92 Å². The van der Waals surface area contributed by atoms with Gasteiger partial charge in [0.2, 0.25) is 11.8 Å². The fourth-order valence-electron chi connectivity index (χ4n) is 4.90. The quantitative estimate of drug-likeness (QED) is 0.252. The average molecular weight is 585 g/mol. The highest BCUT2D eigenvalue weighted by atomic mass is 16.5. The van der Waals surface area contributed by atoms with Gasteiger partial charge in [-0.15, -0.1) is 0 Å². The molecule has 226 valence electrons. The summed E-state index contributed by atoms with van der Waals surface area (Å²) in [5, 5.41) is 12.6. The third-order valence-corrected chi connectivity index (χ3v) is 7.28. The van der Waals surface area contributed by atoms with Gasteiger partial charge >= 0.3 is 5.97 Å². The highest BCUT2D eigenvalue weighted by Crippen LogP contribution is 2.19. The number of hydrogen-bond donors (Lipinski definition) is 2. The summed E-state index contributed by atoms with van der Waals surface area (Å²) >= 11 is 0. The van der Waals surface area contributed by atoms with E-state index in [0.29, 0.717) is 32.4 Å². The molecule has 1 heterocycles. The lowest BCUT2D eigenvalue weighted by molar-refractivity contribution is -0.145. The van der Waals surface area contributed by atoms with Crippen LogP contribution >= 0.6 is 0 Å². The summed E-state index contributed by atoms with van der Waals surface area (Å²) in [4.78, 5) is 40.7. The zero-order chi connectivity index (χ0) is 30.3. The lowest BCUT2D eigenvalue weighted by Gasteiger charge is -2.26. The van der Waals surface area contributed by atoms with Gasteiger partial charge in [-0.3, -0.25) is 14.4 Å². The first-order valence-electron chi connectivity index (χ1n) is 14.8. The van der Waals surface area contributed by atoms with Gasteiger partial charge in [0, 0.05) is 25.9 Å². The number of amides is 2. The first-order valence-corrected chi connectivity index (χ1v) is 14.8. The maximum atomic E-state index is 13.5. The van der Waals surface area contributed by atoms with E-state index in [1.807, 2.05) is 97.1 Å². The van der Waals surface area contributed by atoms with Crippen LogP contribution in [0.5, 0.6) is 5.75 Å². The van der Waals surface area contributed by atoms with E-state index in [2.05, 4.69) is 5.32 Å². The fraction of sp³-hybridized carbons (Fsp3) is 0.343. The van der Waals surface area contributed by atoms with Crippen molar-refractivity contribution in [2.45, 2.75) is 51.3 Å². The van der Waals surface area contributed by atoms with E-state index in [9.17, 15) is 19.5 Å². The molecule has 2 atom stereocenters. The molecule has 2 amide bonds. The molecule has 1 aliphatic heterocycles. The molecule has 0 aromatic heterocycles. The highest BCUT2D eigenvalue weighted by Gasteiger charge is 2.27. The van der Waals surface area contributed by atoms with Crippen LogP contribution < -0.4 is 10.1 Å². The number of cyclic esters (lactones) is 1. The number of aliphatic hydroxyl groups excluding tert-OH is 1. The average Bonchev–Trinajstić information content (AvgIpc) is 3.02. The number of esters is 1. The Kier molecular flexibility index (Phi) is 12.4. The number of rotatable bonds is 11. The smallest absolute Gasteiger partial charge is 0.306 e. The van der Waals surface area contributed by atoms with Gasteiger partial charge in [0.05, 0.1) is 18.6 Å². The van der Waals surface area contributed by atoms with Crippen LogP contribution in [-0.2, 0) is 38.7 Å². The third-order valence-electron chi connectivity index (χ3n) is 7.28. The first-order chi connectivity index (χ1) is 21.0. The number of allylic oxidation sites excluding steroid dienone is 2. The Bertz CT molecular complexity index is 1330. The largest absolute Gasteiger partial charge is 0.489 e. The van der Waals surface area contributed by atoms with Crippen LogP contribution in [0.2, 0.25) is 0 Å². The molecule has 4 rings (SSSR count). The summed E-state index contributed by atoms with van der Waals surface area (Å²) in [5.74, 6) is -0.665. The van der Waals surface area contributed by atoms with Gasteiger partial charge in [0.25, 0.3) is 0 Å². The molecule has 1 aliphatic rings. The van der Waals surface area contributed by atoms with Crippen LogP contribution in [0.1, 0.15) is 42.4 Å². The molecule has 0 spiro atoms. The summed E-state index contributed by atoms with van der Waals surface area (Å²) in [6.07, 6.45) is 5.26. The van der Waals surface area contributed by atoms with E-state index in [1.165, 1.54) is 0 Å². The van der Waals surface area contributed by atoms with Gasteiger partial charge in [-0.05, 0) is 48.1 Å². The van der Waals surface area contributed by atoms with Gasteiger partial charge in [0.15, 0.2) is 0 Å². The van der Waals surface area contributed by atoms with Crippen molar-refractivity contribution in [2.75, 3.05) is 19.8 Å². The first kappa shape index (κ1) is 31.5. The van der Waals surface area contributed by atoms with Crippen molar-refractivity contribution in [1.82, 2.24) is 10.2 Å². The molecule has 0 saturated heterocycles. The normalized spacial score (nSPS) is 17.6. The van der Waals surface area contributed by atoms with Gasteiger partial charge in [-0.1, -0.05) is 84.9 Å². The fourth-order valence-corrected chi connectivity index (χ4v) is 4.90. The summed E-state index contributed by atoms with van der Waals surface area (Å²) in [5.41, 5.74) is 2.97. The maximum Gasteiger partial charge on any atom is 0.306 e. The van der Waals surface area contributed by atoms with E-state index in [0.717, 1.165) is 22.4 Å². The standard InChI is InChI=1S/C35H40N2O6/c38-21-20-37(24-28-10-4-1-5-11-28)33(39)23-30-14-8-3-9-15-34(40)43-26-31(36-35(30)41)22-27-16-18-32(19-17-27)42-25-29-12-6-2-7-13-29/h1-8,10-13,16-19,30-31,38H,9,14-15,20-26H2,(H,36,41)/t30-,31+/m1/s1. The number of carbonyl (C=O) groups excluding carboxylic acids is 3. The van der Waals surface area contributed by atoms with Gasteiger partial charge < -0.3 is 24.8 Å². The van der Waals surface area contributed by atoms with Crippen molar-refractivity contribution in [1.29, 1.82) is 0 Å².